The highest BCUT2D eigenvalue weighted by molar-refractivity contribution is 7.89. The van der Waals surface area contributed by atoms with Crippen LogP contribution in [0.1, 0.15) is 12.8 Å². The molecule has 1 heterocycles. The molecule has 0 unspecified atom stereocenters. The number of anilines is 1. The zero-order valence-corrected chi connectivity index (χ0v) is 11.2. The van der Waals surface area contributed by atoms with Gasteiger partial charge in [-0.05, 0) is 32.0 Å². The molecule has 1 fully saturated rings. The van der Waals surface area contributed by atoms with Crippen LogP contribution in [0.5, 0.6) is 0 Å². The van der Waals surface area contributed by atoms with Gasteiger partial charge in [-0.15, -0.1) is 0 Å². The van der Waals surface area contributed by atoms with Crippen LogP contribution in [-0.4, -0.2) is 44.5 Å². The van der Waals surface area contributed by atoms with Crippen molar-refractivity contribution in [3.63, 3.8) is 0 Å². The highest BCUT2D eigenvalue weighted by atomic mass is 32.2. The molecule has 0 aromatic carbocycles. The molecule has 1 aromatic heterocycles. The molecule has 1 aliphatic rings. The Hall–Kier alpha value is -1.18. The zero-order chi connectivity index (χ0) is 13.2. The molecule has 0 amide bonds. The second-order valence-electron chi connectivity index (χ2n) is 4.53. The van der Waals surface area contributed by atoms with Crippen LogP contribution >= 0.6 is 0 Å². The lowest BCUT2D eigenvalue weighted by molar-refractivity contribution is 0.329. The van der Waals surface area contributed by atoms with E-state index in [4.69, 9.17) is 5.73 Å². The van der Waals surface area contributed by atoms with Crippen molar-refractivity contribution in [1.29, 1.82) is 0 Å². The lowest BCUT2D eigenvalue weighted by Crippen LogP contribution is -2.34. The van der Waals surface area contributed by atoms with Crippen molar-refractivity contribution in [2.75, 3.05) is 25.9 Å². The molecule has 2 rings (SSSR count). The van der Waals surface area contributed by atoms with Gasteiger partial charge in [-0.3, -0.25) is 0 Å². The van der Waals surface area contributed by atoms with E-state index in [0.29, 0.717) is 24.9 Å². The first-order chi connectivity index (χ1) is 8.49. The van der Waals surface area contributed by atoms with E-state index in [0.717, 1.165) is 0 Å². The first-order valence-electron chi connectivity index (χ1n) is 5.90. The maximum absolute atomic E-state index is 11.9. The van der Waals surface area contributed by atoms with E-state index in [1.54, 1.807) is 0 Å². The molecular weight excluding hydrogens is 252 g/mol. The van der Waals surface area contributed by atoms with Crippen LogP contribution < -0.4 is 10.5 Å². The van der Waals surface area contributed by atoms with E-state index in [9.17, 15) is 8.42 Å². The Kier molecular flexibility index (Phi) is 3.84. The summed E-state index contributed by atoms with van der Waals surface area (Å²) in [6.07, 6.45) is 3.69. The van der Waals surface area contributed by atoms with E-state index in [2.05, 4.69) is 14.6 Å². The van der Waals surface area contributed by atoms with Crippen molar-refractivity contribution >= 4 is 15.8 Å². The van der Waals surface area contributed by atoms with Gasteiger partial charge in [0.15, 0.2) is 0 Å². The van der Waals surface area contributed by atoms with Crippen molar-refractivity contribution in [3.05, 3.63) is 18.3 Å². The topological polar surface area (TPSA) is 88.3 Å². The molecule has 0 aliphatic heterocycles. The average Bonchev–Trinajstić information content (AvgIpc) is 3.13. The Morgan fingerprint density at radius 2 is 2.22 bits per heavy atom. The second-order valence-corrected chi connectivity index (χ2v) is 6.30. The predicted molar refractivity (Wildman–Crippen MR) is 69.5 cm³/mol. The SMILES string of the molecule is CN(CCNS(=O)(=O)c1ccc(N)nc1)C1CC1. The maximum Gasteiger partial charge on any atom is 0.242 e. The molecule has 1 aliphatic carbocycles. The fraction of sp³-hybridized carbons (Fsp3) is 0.545. The lowest BCUT2D eigenvalue weighted by Gasteiger charge is -2.15. The van der Waals surface area contributed by atoms with Gasteiger partial charge in [-0.25, -0.2) is 18.1 Å². The quantitative estimate of drug-likeness (QED) is 0.762. The minimum atomic E-state index is -3.47. The fourth-order valence-corrected chi connectivity index (χ4v) is 2.65. The summed E-state index contributed by atoms with van der Waals surface area (Å²) in [6.45, 7) is 1.12. The van der Waals surface area contributed by atoms with Crippen molar-refractivity contribution in [3.8, 4) is 0 Å². The summed E-state index contributed by atoms with van der Waals surface area (Å²) in [5, 5.41) is 0. The van der Waals surface area contributed by atoms with Crippen LogP contribution in [-0.2, 0) is 10.0 Å². The highest BCUT2D eigenvalue weighted by Crippen LogP contribution is 2.24. The minimum Gasteiger partial charge on any atom is -0.384 e. The van der Waals surface area contributed by atoms with Gasteiger partial charge in [0, 0.05) is 25.3 Å². The number of nitrogens with two attached hydrogens (primary N) is 1. The number of likely N-dealkylation sites (N-methyl/N-ethyl adjacent to an activating group) is 1. The summed E-state index contributed by atoms with van der Waals surface area (Å²) >= 11 is 0. The summed E-state index contributed by atoms with van der Waals surface area (Å²) in [5.41, 5.74) is 5.42. The zero-order valence-electron chi connectivity index (χ0n) is 10.3. The molecule has 0 saturated heterocycles. The monoisotopic (exact) mass is 270 g/mol. The number of nitrogen functional groups attached to an aromatic ring is 1. The van der Waals surface area contributed by atoms with E-state index in [-0.39, 0.29) is 4.90 Å². The van der Waals surface area contributed by atoms with Crippen molar-refractivity contribution < 1.29 is 8.42 Å². The molecule has 100 valence electrons. The summed E-state index contributed by atoms with van der Waals surface area (Å²) in [4.78, 5) is 6.09. The predicted octanol–water partition coefficient (Wildman–Crippen LogP) is 0.0363. The third kappa shape index (κ3) is 3.41. The summed E-state index contributed by atoms with van der Waals surface area (Å²) in [5.74, 6) is 0.308. The smallest absolute Gasteiger partial charge is 0.242 e. The van der Waals surface area contributed by atoms with Crippen LogP contribution in [0.25, 0.3) is 0 Å². The number of hydrogen-bond donors (Lipinski definition) is 2. The number of nitrogens with one attached hydrogen (secondary N) is 1. The Morgan fingerprint density at radius 3 is 2.78 bits per heavy atom. The summed E-state index contributed by atoms with van der Waals surface area (Å²) in [7, 11) is -1.46. The number of sulfonamides is 1. The fourth-order valence-electron chi connectivity index (χ4n) is 1.69. The number of aromatic nitrogens is 1. The van der Waals surface area contributed by atoms with E-state index < -0.39 is 10.0 Å². The number of hydrogen-bond acceptors (Lipinski definition) is 5. The van der Waals surface area contributed by atoms with Crippen molar-refractivity contribution in [2.45, 2.75) is 23.8 Å². The standard InChI is InChI=1S/C11H18N4O2S/c1-15(9-2-3-9)7-6-14-18(16,17)10-4-5-11(12)13-8-10/h4-5,8-9,14H,2-3,6-7H2,1H3,(H2,12,13). The number of nitrogens with zero attached hydrogens (tertiary/aromatic N) is 2. The molecule has 1 saturated carbocycles. The lowest BCUT2D eigenvalue weighted by atomic mass is 10.5. The molecular formula is C11H18N4O2S. The Bertz CT molecular complexity index is 496. The van der Waals surface area contributed by atoms with E-state index in [1.165, 1.54) is 31.2 Å². The maximum atomic E-state index is 11.9. The van der Waals surface area contributed by atoms with Crippen LogP contribution in [0.4, 0.5) is 5.82 Å². The largest absolute Gasteiger partial charge is 0.384 e. The molecule has 0 atom stereocenters. The van der Waals surface area contributed by atoms with E-state index in [1.807, 2.05) is 7.05 Å². The van der Waals surface area contributed by atoms with Gasteiger partial charge in [0.2, 0.25) is 10.0 Å². The Balaban J connectivity index is 1.88. The van der Waals surface area contributed by atoms with Crippen LogP contribution in [0.2, 0.25) is 0 Å². The van der Waals surface area contributed by atoms with Gasteiger partial charge in [-0.2, -0.15) is 0 Å². The third-order valence-corrected chi connectivity index (χ3v) is 4.44. The number of pyridine rings is 1. The van der Waals surface area contributed by atoms with Crippen molar-refractivity contribution in [2.24, 2.45) is 0 Å². The van der Waals surface area contributed by atoms with Crippen LogP contribution in [0, 0.1) is 0 Å². The van der Waals surface area contributed by atoms with Gasteiger partial charge in [0.1, 0.15) is 10.7 Å². The second kappa shape index (κ2) is 5.21. The van der Waals surface area contributed by atoms with Crippen LogP contribution in [0.3, 0.4) is 0 Å². The molecule has 0 radical (unpaired) electrons. The Morgan fingerprint density at radius 1 is 1.50 bits per heavy atom. The minimum absolute atomic E-state index is 0.144. The van der Waals surface area contributed by atoms with Gasteiger partial charge >= 0.3 is 0 Å². The van der Waals surface area contributed by atoms with E-state index >= 15 is 0 Å². The molecule has 7 heteroatoms. The first-order valence-corrected chi connectivity index (χ1v) is 7.39. The summed E-state index contributed by atoms with van der Waals surface area (Å²) in [6, 6.07) is 3.56. The van der Waals surface area contributed by atoms with Gasteiger partial charge in [0.05, 0.1) is 0 Å². The number of rotatable bonds is 6. The van der Waals surface area contributed by atoms with Crippen molar-refractivity contribution in [1.82, 2.24) is 14.6 Å². The molecule has 3 N–H and O–H groups in total. The highest BCUT2D eigenvalue weighted by Gasteiger charge is 2.25. The van der Waals surface area contributed by atoms with Gasteiger partial charge in [-0.1, -0.05) is 0 Å². The normalized spacial score (nSPS) is 16.1. The summed E-state index contributed by atoms with van der Waals surface area (Å²) < 4.78 is 26.4. The average molecular weight is 270 g/mol. The molecule has 1 aromatic rings. The third-order valence-electron chi connectivity index (χ3n) is 3.00. The molecule has 0 bridgehead atoms. The molecule has 0 spiro atoms. The molecule has 6 nitrogen and oxygen atoms in total. The first kappa shape index (κ1) is 13.3. The molecule has 18 heavy (non-hydrogen) atoms. The Labute approximate surface area is 107 Å². The van der Waals surface area contributed by atoms with Crippen LogP contribution in [0.15, 0.2) is 23.2 Å². The van der Waals surface area contributed by atoms with Gasteiger partial charge in [0.25, 0.3) is 0 Å². The van der Waals surface area contributed by atoms with Gasteiger partial charge < -0.3 is 10.6 Å².